The first-order valence-corrected chi connectivity index (χ1v) is 6.26. The topological polar surface area (TPSA) is 46.3 Å². The van der Waals surface area contributed by atoms with Crippen LogP contribution in [-0.2, 0) is 0 Å². The molecule has 0 radical (unpaired) electrons. The zero-order chi connectivity index (χ0) is 13.0. The molecule has 2 N–H and O–H groups in total. The van der Waals surface area contributed by atoms with Crippen LogP contribution in [0, 0.1) is 6.92 Å². The Morgan fingerprint density at radius 1 is 1.59 bits per heavy atom. The molecule has 0 saturated carbocycles. The fraction of sp³-hybridized carbons (Fsp3) is 0.308. The van der Waals surface area contributed by atoms with Crippen molar-refractivity contribution < 1.29 is 4.79 Å². The quantitative estimate of drug-likeness (QED) is 0.686. The zero-order valence-corrected chi connectivity index (χ0v) is 11.8. The molecule has 1 rings (SSSR count). The Labute approximate surface area is 110 Å². The number of rotatable bonds is 4. The molecule has 3 nitrogen and oxygen atoms in total. The van der Waals surface area contributed by atoms with Gasteiger partial charge in [0.15, 0.2) is 0 Å². The molecule has 0 spiro atoms. The number of nitrogens with two attached hydrogens (primary N) is 1. The minimum Gasteiger partial charge on any atom is -0.398 e. The Kier molecular flexibility index (Phi) is 4.75. The molecule has 0 aliphatic rings. The number of hydrogen-bond acceptors (Lipinski definition) is 2. The Balaban J connectivity index is 3.14. The van der Waals surface area contributed by atoms with Crippen LogP contribution in [0.5, 0.6) is 0 Å². The fourth-order valence-corrected chi connectivity index (χ4v) is 2.08. The van der Waals surface area contributed by atoms with Crippen molar-refractivity contribution in [2.24, 2.45) is 0 Å². The van der Waals surface area contributed by atoms with Crippen molar-refractivity contribution in [3.05, 3.63) is 40.4 Å². The van der Waals surface area contributed by atoms with Gasteiger partial charge < -0.3 is 10.6 Å². The van der Waals surface area contributed by atoms with Gasteiger partial charge in [0.25, 0.3) is 5.91 Å². The average molecular weight is 297 g/mol. The Hall–Kier alpha value is -1.29. The normalized spacial score (nSPS) is 10.1. The molecular weight excluding hydrogens is 280 g/mol. The molecule has 17 heavy (non-hydrogen) atoms. The summed E-state index contributed by atoms with van der Waals surface area (Å²) in [6, 6.07) is 3.61. The number of carbonyl (C=O) groups excluding carboxylic acids is 1. The maximum Gasteiger partial charge on any atom is 0.254 e. The third-order valence-electron chi connectivity index (χ3n) is 2.66. The molecule has 0 aromatic heterocycles. The molecule has 0 unspecified atom stereocenters. The molecule has 1 amide bonds. The van der Waals surface area contributed by atoms with Crippen LogP contribution in [0.2, 0.25) is 0 Å². The number of benzene rings is 1. The van der Waals surface area contributed by atoms with E-state index in [1.165, 1.54) is 0 Å². The van der Waals surface area contributed by atoms with Gasteiger partial charge in [-0.1, -0.05) is 22.0 Å². The lowest BCUT2D eigenvalue weighted by atomic mass is 10.1. The third kappa shape index (κ3) is 3.09. The van der Waals surface area contributed by atoms with Crippen molar-refractivity contribution in [1.82, 2.24) is 4.90 Å². The zero-order valence-electron chi connectivity index (χ0n) is 10.2. The van der Waals surface area contributed by atoms with Crippen LogP contribution >= 0.6 is 15.9 Å². The van der Waals surface area contributed by atoms with E-state index in [0.29, 0.717) is 24.3 Å². The molecule has 92 valence electrons. The summed E-state index contributed by atoms with van der Waals surface area (Å²) in [5.74, 6) is -0.0158. The van der Waals surface area contributed by atoms with E-state index in [4.69, 9.17) is 5.73 Å². The summed E-state index contributed by atoms with van der Waals surface area (Å²) in [5.41, 5.74) is 7.94. The van der Waals surface area contributed by atoms with Gasteiger partial charge in [-0.05, 0) is 31.5 Å². The smallest absolute Gasteiger partial charge is 0.254 e. The van der Waals surface area contributed by atoms with E-state index in [0.717, 1.165) is 10.0 Å². The minimum absolute atomic E-state index is 0.0158. The van der Waals surface area contributed by atoms with Crippen LogP contribution in [0.25, 0.3) is 0 Å². The Morgan fingerprint density at radius 2 is 2.24 bits per heavy atom. The number of hydrogen-bond donors (Lipinski definition) is 1. The predicted molar refractivity (Wildman–Crippen MR) is 75.1 cm³/mol. The van der Waals surface area contributed by atoms with Gasteiger partial charge in [0, 0.05) is 28.8 Å². The number of likely N-dealkylation sites (N-methyl/N-ethyl adjacent to an activating group) is 1. The lowest BCUT2D eigenvalue weighted by Gasteiger charge is -2.20. The van der Waals surface area contributed by atoms with Gasteiger partial charge in [0.1, 0.15) is 0 Å². The summed E-state index contributed by atoms with van der Waals surface area (Å²) in [6.45, 7) is 8.65. The van der Waals surface area contributed by atoms with Crippen LogP contribution in [0.4, 0.5) is 5.69 Å². The molecule has 0 heterocycles. The monoisotopic (exact) mass is 296 g/mol. The summed E-state index contributed by atoms with van der Waals surface area (Å²) in [7, 11) is 0. The van der Waals surface area contributed by atoms with Crippen molar-refractivity contribution in [2.45, 2.75) is 13.8 Å². The van der Waals surface area contributed by atoms with E-state index in [2.05, 4.69) is 22.5 Å². The first kappa shape index (κ1) is 13.8. The highest BCUT2D eigenvalue weighted by Gasteiger charge is 2.17. The highest BCUT2D eigenvalue weighted by atomic mass is 79.9. The number of amides is 1. The summed E-state index contributed by atoms with van der Waals surface area (Å²) < 4.78 is 0.818. The second kappa shape index (κ2) is 5.87. The third-order valence-corrected chi connectivity index (χ3v) is 3.12. The molecule has 1 aromatic rings. The molecule has 1 aromatic carbocycles. The second-order valence-corrected chi connectivity index (χ2v) is 4.72. The van der Waals surface area contributed by atoms with Gasteiger partial charge in [-0.3, -0.25) is 4.79 Å². The molecule has 4 heteroatoms. The van der Waals surface area contributed by atoms with Crippen LogP contribution in [0.1, 0.15) is 22.8 Å². The lowest BCUT2D eigenvalue weighted by Crippen LogP contribution is -2.31. The Bertz CT molecular complexity index is 443. The lowest BCUT2D eigenvalue weighted by molar-refractivity contribution is 0.0781. The molecule has 0 aliphatic carbocycles. The molecule has 0 aliphatic heterocycles. The van der Waals surface area contributed by atoms with E-state index in [1.54, 1.807) is 23.1 Å². The van der Waals surface area contributed by atoms with Crippen LogP contribution < -0.4 is 5.73 Å². The van der Waals surface area contributed by atoms with Crippen LogP contribution in [-0.4, -0.2) is 23.9 Å². The highest BCUT2D eigenvalue weighted by molar-refractivity contribution is 9.10. The van der Waals surface area contributed by atoms with Gasteiger partial charge in [0.05, 0.1) is 0 Å². The standard InChI is InChI=1S/C13H17BrN2O/c1-4-6-16(5-2)13(17)11-7-10(14)8-12(15)9(11)3/h4,7-8H,1,5-6,15H2,2-3H3. The number of nitrogen functional groups attached to an aromatic ring is 1. The van der Waals surface area contributed by atoms with E-state index >= 15 is 0 Å². The first-order chi connectivity index (χ1) is 8.01. The van der Waals surface area contributed by atoms with Crippen LogP contribution in [0.3, 0.4) is 0 Å². The van der Waals surface area contributed by atoms with Gasteiger partial charge in [0.2, 0.25) is 0 Å². The van der Waals surface area contributed by atoms with Gasteiger partial charge >= 0.3 is 0 Å². The van der Waals surface area contributed by atoms with E-state index < -0.39 is 0 Å². The van der Waals surface area contributed by atoms with Crippen molar-refractivity contribution in [1.29, 1.82) is 0 Å². The maximum absolute atomic E-state index is 12.3. The van der Waals surface area contributed by atoms with Crippen molar-refractivity contribution in [3.8, 4) is 0 Å². The number of halogens is 1. The number of carbonyl (C=O) groups is 1. The molecule has 0 fully saturated rings. The highest BCUT2D eigenvalue weighted by Crippen LogP contribution is 2.23. The predicted octanol–water partition coefficient (Wildman–Crippen LogP) is 2.99. The summed E-state index contributed by atoms with van der Waals surface area (Å²) in [6.07, 6.45) is 1.72. The van der Waals surface area contributed by atoms with Crippen molar-refractivity contribution in [2.75, 3.05) is 18.8 Å². The summed E-state index contributed by atoms with van der Waals surface area (Å²) in [4.78, 5) is 14.0. The maximum atomic E-state index is 12.3. The SMILES string of the molecule is C=CCN(CC)C(=O)c1cc(Br)cc(N)c1C. The van der Waals surface area contributed by atoms with Crippen molar-refractivity contribution >= 4 is 27.5 Å². The summed E-state index contributed by atoms with van der Waals surface area (Å²) in [5, 5.41) is 0. The number of anilines is 1. The summed E-state index contributed by atoms with van der Waals surface area (Å²) >= 11 is 3.35. The van der Waals surface area contributed by atoms with Gasteiger partial charge in [-0.25, -0.2) is 0 Å². The molecule has 0 atom stereocenters. The van der Waals surface area contributed by atoms with E-state index in [9.17, 15) is 4.79 Å². The fourth-order valence-electron chi connectivity index (χ4n) is 1.60. The van der Waals surface area contributed by atoms with E-state index in [1.807, 2.05) is 13.8 Å². The molecule has 0 bridgehead atoms. The number of nitrogens with zero attached hydrogens (tertiary/aromatic N) is 1. The Morgan fingerprint density at radius 3 is 2.76 bits per heavy atom. The van der Waals surface area contributed by atoms with Gasteiger partial charge in [-0.2, -0.15) is 0 Å². The largest absolute Gasteiger partial charge is 0.398 e. The second-order valence-electron chi connectivity index (χ2n) is 3.80. The first-order valence-electron chi connectivity index (χ1n) is 5.47. The minimum atomic E-state index is -0.0158. The van der Waals surface area contributed by atoms with E-state index in [-0.39, 0.29) is 5.91 Å². The van der Waals surface area contributed by atoms with Gasteiger partial charge in [-0.15, -0.1) is 6.58 Å². The molecular formula is C13H17BrN2O. The average Bonchev–Trinajstić information content (AvgIpc) is 2.29. The van der Waals surface area contributed by atoms with Crippen LogP contribution in [0.15, 0.2) is 29.3 Å². The molecule has 0 saturated heterocycles. The van der Waals surface area contributed by atoms with Crippen molar-refractivity contribution in [3.63, 3.8) is 0 Å².